The Labute approximate surface area is 121 Å². The second kappa shape index (κ2) is 5.87. The van der Waals surface area contributed by atoms with Crippen LogP contribution in [0.15, 0.2) is 30.3 Å². The molecule has 2 aliphatic carbocycles. The van der Waals surface area contributed by atoms with Crippen LogP contribution in [0, 0.1) is 5.92 Å². The van der Waals surface area contributed by atoms with E-state index < -0.39 is 5.60 Å². The summed E-state index contributed by atoms with van der Waals surface area (Å²) in [6, 6.07) is 10.7. The Morgan fingerprint density at radius 3 is 2.20 bits per heavy atom. The monoisotopic (exact) mass is 274 g/mol. The third-order valence-corrected chi connectivity index (χ3v) is 5.54. The van der Waals surface area contributed by atoms with Gasteiger partial charge in [-0.2, -0.15) is 0 Å². The first-order valence-electron chi connectivity index (χ1n) is 8.14. The van der Waals surface area contributed by atoms with Gasteiger partial charge in [-0.1, -0.05) is 43.2 Å². The summed E-state index contributed by atoms with van der Waals surface area (Å²) in [7, 11) is 0. The number of hydrogen-bond donors (Lipinski definition) is 2. The zero-order valence-electron chi connectivity index (χ0n) is 12.2. The van der Waals surface area contributed by atoms with Crippen molar-refractivity contribution in [2.45, 2.75) is 69.0 Å². The number of aliphatic hydroxyl groups is 2. The zero-order chi connectivity index (χ0) is 14.0. The average molecular weight is 274 g/mol. The highest BCUT2D eigenvalue weighted by molar-refractivity contribution is 5.20. The lowest BCUT2D eigenvalue weighted by Crippen LogP contribution is -2.47. The number of hydrogen-bond acceptors (Lipinski definition) is 2. The van der Waals surface area contributed by atoms with Crippen LogP contribution in [0.5, 0.6) is 0 Å². The first-order valence-corrected chi connectivity index (χ1v) is 8.14. The molecule has 2 fully saturated rings. The zero-order valence-corrected chi connectivity index (χ0v) is 12.2. The summed E-state index contributed by atoms with van der Waals surface area (Å²) in [4.78, 5) is 0. The van der Waals surface area contributed by atoms with E-state index in [9.17, 15) is 10.2 Å². The van der Waals surface area contributed by atoms with Crippen LogP contribution in [0.25, 0.3) is 0 Å². The molecule has 1 aromatic rings. The maximum absolute atomic E-state index is 11.0. The van der Waals surface area contributed by atoms with Gasteiger partial charge >= 0.3 is 0 Å². The lowest BCUT2D eigenvalue weighted by Gasteiger charge is -2.45. The fraction of sp³-hybridized carbons (Fsp3) is 0.667. The Balaban J connectivity index is 1.65. The topological polar surface area (TPSA) is 40.5 Å². The van der Waals surface area contributed by atoms with Crippen molar-refractivity contribution in [2.75, 3.05) is 0 Å². The van der Waals surface area contributed by atoms with Crippen molar-refractivity contribution in [1.29, 1.82) is 0 Å². The van der Waals surface area contributed by atoms with Crippen LogP contribution in [0.1, 0.15) is 62.8 Å². The molecule has 2 N–H and O–H groups in total. The fourth-order valence-corrected chi connectivity index (χ4v) is 4.29. The maximum Gasteiger partial charge on any atom is 0.0700 e. The van der Waals surface area contributed by atoms with Crippen LogP contribution < -0.4 is 0 Å². The summed E-state index contributed by atoms with van der Waals surface area (Å²) in [6.07, 6.45) is 7.62. The molecule has 0 heterocycles. The number of aliphatic hydroxyl groups excluding tert-OH is 1. The summed E-state index contributed by atoms with van der Waals surface area (Å²) in [5, 5.41) is 21.2. The van der Waals surface area contributed by atoms with Gasteiger partial charge in [0.2, 0.25) is 0 Å². The largest absolute Gasteiger partial charge is 0.393 e. The van der Waals surface area contributed by atoms with Crippen molar-refractivity contribution in [3.05, 3.63) is 35.9 Å². The Morgan fingerprint density at radius 1 is 0.900 bits per heavy atom. The molecule has 3 rings (SSSR count). The van der Waals surface area contributed by atoms with E-state index in [0.717, 1.165) is 51.4 Å². The van der Waals surface area contributed by atoms with Gasteiger partial charge in [0, 0.05) is 5.92 Å². The average Bonchev–Trinajstić information content (AvgIpc) is 2.49. The van der Waals surface area contributed by atoms with Crippen molar-refractivity contribution in [2.24, 2.45) is 5.92 Å². The van der Waals surface area contributed by atoms with E-state index in [4.69, 9.17) is 0 Å². The third kappa shape index (κ3) is 2.77. The van der Waals surface area contributed by atoms with Crippen molar-refractivity contribution in [3.8, 4) is 0 Å². The highest BCUT2D eigenvalue weighted by atomic mass is 16.3. The number of rotatable bonds is 2. The van der Waals surface area contributed by atoms with Gasteiger partial charge in [-0.15, -0.1) is 0 Å². The Morgan fingerprint density at radius 2 is 1.55 bits per heavy atom. The van der Waals surface area contributed by atoms with Gasteiger partial charge < -0.3 is 10.2 Å². The molecule has 0 aromatic heterocycles. The second-order valence-corrected chi connectivity index (χ2v) is 6.75. The summed E-state index contributed by atoms with van der Waals surface area (Å²) in [6.45, 7) is 0. The van der Waals surface area contributed by atoms with E-state index in [-0.39, 0.29) is 12.0 Å². The van der Waals surface area contributed by atoms with Gasteiger partial charge in [-0.05, 0) is 50.0 Å². The van der Waals surface area contributed by atoms with Crippen molar-refractivity contribution in [3.63, 3.8) is 0 Å². The standard InChI is InChI=1S/C18H26O2/c19-17-9-5-4-8-16(17)18(20)12-10-15(11-13-18)14-6-2-1-3-7-14/h1-3,6-7,15-17,19-20H,4-5,8-13H2/t15?,16-,17-,18?/m1/s1. The minimum Gasteiger partial charge on any atom is -0.393 e. The summed E-state index contributed by atoms with van der Waals surface area (Å²) < 4.78 is 0. The van der Waals surface area contributed by atoms with Crippen LogP contribution >= 0.6 is 0 Å². The summed E-state index contributed by atoms with van der Waals surface area (Å²) in [5.74, 6) is 0.685. The first kappa shape index (κ1) is 14.1. The molecule has 1 aromatic carbocycles. The molecule has 110 valence electrons. The first-order chi connectivity index (χ1) is 9.69. The van der Waals surface area contributed by atoms with Crippen LogP contribution in [-0.2, 0) is 0 Å². The van der Waals surface area contributed by atoms with Crippen LogP contribution in [0.4, 0.5) is 0 Å². The quantitative estimate of drug-likeness (QED) is 0.864. The molecular formula is C18H26O2. The van der Waals surface area contributed by atoms with Crippen LogP contribution in [-0.4, -0.2) is 21.9 Å². The van der Waals surface area contributed by atoms with E-state index in [0.29, 0.717) is 5.92 Å². The normalized spacial score (nSPS) is 38.6. The summed E-state index contributed by atoms with van der Waals surface area (Å²) >= 11 is 0. The second-order valence-electron chi connectivity index (χ2n) is 6.75. The Kier molecular flexibility index (Phi) is 4.13. The third-order valence-electron chi connectivity index (χ3n) is 5.54. The maximum atomic E-state index is 11.0. The molecule has 0 spiro atoms. The van der Waals surface area contributed by atoms with Crippen LogP contribution in [0.3, 0.4) is 0 Å². The minimum atomic E-state index is -0.620. The molecule has 20 heavy (non-hydrogen) atoms. The van der Waals surface area contributed by atoms with Crippen molar-refractivity contribution in [1.82, 2.24) is 0 Å². The van der Waals surface area contributed by atoms with Gasteiger partial charge in [-0.25, -0.2) is 0 Å². The highest BCUT2D eigenvalue weighted by Gasteiger charge is 2.44. The Bertz CT molecular complexity index is 420. The van der Waals surface area contributed by atoms with E-state index in [1.807, 2.05) is 0 Å². The van der Waals surface area contributed by atoms with Gasteiger partial charge in [-0.3, -0.25) is 0 Å². The minimum absolute atomic E-state index is 0.105. The van der Waals surface area contributed by atoms with Gasteiger partial charge in [0.05, 0.1) is 11.7 Å². The van der Waals surface area contributed by atoms with Gasteiger partial charge in [0.1, 0.15) is 0 Å². The van der Waals surface area contributed by atoms with E-state index in [2.05, 4.69) is 30.3 Å². The molecule has 0 bridgehead atoms. The SMILES string of the molecule is O[C@@H]1CCCC[C@H]1C1(O)CCC(c2ccccc2)CC1. The molecular weight excluding hydrogens is 248 g/mol. The van der Waals surface area contributed by atoms with E-state index in [1.54, 1.807) is 0 Å². The molecule has 0 saturated heterocycles. The van der Waals surface area contributed by atoms with Crippen molar-refractivity contribution >= 4 is 0 Å². The van der Waals surface area contributed by atoms with Crippen LogP contribution in [0.2, 0.25) is 0 Å². The van der Waals surface area contributed by atoms with E-state index in [1.165, 1.54) is 5.56 Å². The molecule has 2 atom stereocenters. The molecule has 0 amide bonds. The molecule has 2 saturated carbocycles. The van der Waals surface area contributed by atoms with Gasteiger partial charge in [0.15, 0.2) is 0 Å². The lowest BCUT2D eigenvalue weighted by atomic mass is 9.66. The lowest BCUT2D eigenvalue weighted by molar-refractivity contribution is -0.109. The predicted octanol–water partition coefficient (Wildman–Crippen LogP) is 3.63. The van der Waals surface area contributed by atoms with Gasteiger partial charge in [0.25, 0.3) is 0 Å². The molecule has 0 unspecified atom stereocenters. The number of benzene rings is 1. The van der Waals surface area contributed by atoms with E-state index >= 15 is 0 Å². The molecule has 2 nitrogen and oxygen atoms in total. The molecule has 2 heteroatoms. The highest BCUT2D eigenvalue weighted by Crippen LogP contribution is 2.45. The Hall–Kier alpha value is -0.860. The molecule has 2 aliphatic rings. The fourth-order valence-electron chi connectivity index (χ4n) is 4.29. The summed E-state index contributed by atoms with van der Waals surface area (Å²) in [5.41, 5.74) is 0.782. The smallest absolute Gasteiger partial charge is 0.0700 e. The van der Waals surface area contributed by atoms with Crippen molar-refractivity contribution < 1.29 is 10.2 Å². The predicted molar refractivity (Wildman–Crippen MR) is 80.6 cm³/mol. The molecule has 0 radical (unpaired) electrons. The molecule has 0 aliphatic heterocycles.